The minimum absolute atomic E-state index is 0.338. The van der Waals surface area contributed by atoms with Crippen molar-refractivity contribution in [1.82, 2.24) is 4.90 Å². The van der Waals surface area contributed by atoms with Gasteiger partial charge in [-0.1, -0.05) is 0 Å². The highest BCUT2D eigenvalue weighted by Gasteiger charge is 2.28. The van der Waals surface area contributed by atoms with Crippen molar-refractivity contribution in [3.8, 4) is 0 Å². The van der Waals surface area contributed by atoms with E-state index in [0.717, 1.165) is 6.54 Å². The number of thiophene rings is 1. The van der Waals surface area contributed by atoms with Crippen molar-refractivity contribution in [2.75, 3.05) is 13.1 Å². The summed E-state index contributed by atoms with van der Waals surface area (Å²) in [6.45, 7) is 6.78. The largest absolute Gasteiger partial charge is 0.328 e. The lowest BCUT2D eigenvalue weighted by atomic mass is 10.0. The van der Waals surface area contributed by atoms with E-state index < -0.39 is 0 Å². The van der Waals surface area contributed by atoms with Crippen LogP contribution in [0, 0.1) is 5.92 Å². The van der Waals surface area contributed by atoms with Crippen LogP contribution in [0.25, 0.3) is 0 Å². The molecule has 1 fully saturated rings. The lowest BCUT2D eigenvalue weighted by molar-refractivity contribution is 0.248. The van der Waals surface area contributed by atoms with Gasteiger partial charge in [-0.3, -0.25) is 4.90 Å². The van der Waals surface area contributed by atoms with Crippen LogP contribution in [0.2, 0.25) is 0 Å². The SMILES string of the molecule is CC(N)C1CCN(C(C)c2ccsc2)C1. The maximum Gasteiger partial charge on any atom is 0.0328 e. The first-order valence-electron chi connectivity index (χ1n) is 5.70. The van der Waals surface area contributed by atoms with E-state index >= 15 is 0 Å². The minimum atomic E-state index is 0.338. The molecule has 3 atom stereocenters. The Bertz CT molecular complexity index is 295. The molecule has 3 unspecified atom stereocenters. The molecule has 2 N–H and O–H groups in total. The van der Waals surface area contributed by atoms with Crippen LogP contribution in [-0.2, 0) is 0 Å². The minimum Gasteiger partial charge on any atom is -0.328 e. The quantitative estimate of drug-likeness (QED) is 0.854. The van der Waals surface area contributed by atoms with E-state index in [2.05, 4.69) is 35.6 Å². The van der Waals surface area contributed by atoms with Gasteiger partial charge < -0.3 is 5.73 Å². The monoisotopic (exact) mass is 224 g/mol. The van der Waals surface area contributed by atoms with E-state index in [1.165, 1.54) is 18.5 Å². The van der Waals surface area contributed by atoms with Crippen LogP contribution in [0.5, 0.6) is 0 Å². The van der Waals surface area contributed by atoms with Gasteiger partial charge >= 0.3 is 0 Å². The van der Waals surface area contributed by atoms with E-state index in [-0.39, 0.29) is 0 Å². The van der Waals surface area contributed by atoms with E-state index in [1.54, 1.807) is 11.3 Å². The number of nitrogens with zero attached hydrogens (tertiary/aromatic N) is 1. The zero-order valence-electron chi connectivity index (χ0n) is 9.52. The second kappa shape index (κ2) is 4.64. The topological polar surface area (TPSA) is 29.3 Å². The summed E-state index contributed by atoms with van der Waals surface area (Å²) in [5, 5.41) is 4.41. The average molecular weight is 224 g/mol. The van der Waals surface area contributed by atoms with Crippen LogP contribution in [0.4, 0.5) is 0 Å². The molecule has 0 radical (unpaired) electrons. The highest BCUT2D eigenvalue weighted by molar-refractivity contribution is 7.07. The number of nitrogens with two attached hydrogens (primary N) is 1. The van der Waals surface area contributed by atoms with Crippen molar-refractivity contribution in [1.29, 1.82) is 0 Å². The van der Waals surface area contributed by atoms with Crippen LogP contribution in [0.1, 0.15) is 31.9 Å². The van der Waals surface area contributed by atoms with Gasteiger partial charge in [-0.15, -0.1) is 0 Å². The summed E-state index contributed by atoms with van der Waals surface area (Å²) >= 11 is 1.78. The van der Waals surface area contributed by atoms with E-state index in [1.807, 2.05) is 0 Å². The third-order valence-electron chi connectivity index (χ3n) is 3.57. The second-order valence-corrected chi connectivity index (χ2v) is 5.42. The van der Waals surface area contributed by atoms with Crippen molar-refractivity contribution in [2.45, 2.75) is 32.4 Å². The van der Waals surface area contributed by atoms with Gasteiger partial charge in [-0.2, -0.15) is 11.3 Å². The van der Waals surface area contributed by atoms with Crippen LogP contribution in [-0.4, -0.2) is 24.0 Å². The molecule has 84 valence electrons. The maximum atomic E-state index is 5.95. The molecule has 1 saturated heterocycles. The molecule has 1 aliphatic rings. The van der Waals surface area contributed by atoms with Crippen molar-refractivity contribution < 1.29 is 0 Å². The van der Waals surface area contributed by atoms with Crippen molar-refractivity contribution in [3.05, 3.63) is 22.4 Å². The summed E-state index contributed by atoms with van der Waals surface area (Å²) in [5.41, 5.74) is 7.40. The van der Waals surface area contributed by atoms with Crippen molar-refractivity contribution in [2.24, 2.45) is 11.7 Å². The average Bonchev–Trinajstić information content (AvgIpc) is 2.88. The summed E-state index contributed by atoms with van der Waals surface area (Å²) < 4.78 is 0. The molecule has 3 heteroatoms. The molecule has 1 aromatic rings. The van der Waals surface area contributed by atoms with Gasteiger partial charge in [0, 0.05) is 18.6 Å². The molecular formula is C12H20N2S. The molecule has 0 aromatic carbocycles. The summed E-state index contributed by atoms with van der Waals surface area (Å²) in [7, 11) is 0. The molecule has 0 bridgehead atoms. The smallest absolute Gasteiger partial charge is 0.0328 e. The van der Waals surface area contributed by atoms with Gasteiger partial charge in [0.1, 0.15) is 0 Å². The van der Waals surface area contributed by atoms with Gasteiger partial charge in [-0.25, -0.2) is 0 Å². The molecule has 1 aliphatic heterocycles. The highest BCUT2D eigenvalue weighted by atomic mass is 32.1. The molecule has 15 heavy (non-hydrogen) atoms. The lowest BCUT2D eigenvalue weighted by Gasteiger charge is -2.24. The van der Waals surface area contributed by atoms with E-state index in [9.17, 15) is 0 Å². The summed E-state index contributed by atoms with van der Waals surface area (Å²) in [6, 6.07) is 3.12. The van der Waals surface area contributed by atoms with Gasteiger partial charge in [0.05, 0.1) is 0 Å². The first-order valence-corrected chi connectivity index (χ1v) is 6.64. The Kier molecular flexibility index (Phi) is 3.44. The zero-order valence-corrected chi connectivity index (χ0v) is 10.3. The van der Waals surface area contributed by atoms with E-state index in [4.69, 9.17) is 5.73 Å². The first-order chi connectivity index (χ1) is 7.18. The Morgan fingerprint density at radius 3 is 2.87 bits per heavy atom. The molecule has 2 nitrogen and oxygen atoms in total. The Labute approximate surface area is 96.1 Å². The normalized spacial score (nSPS) is 26.7. The molecule has 2 rings (SSSR count). The van der Waals surface area contributed by atoms with Gasteiger partial charge in [-0.05, 0) is 55.1 Å². The van der Waals surface area contributed by atoms with E-state index in [0.29, 0.717) is 18.0 Å². The van der Waals surface area contributed by atoms with Gasteiger partial charge in [0.25, 0.3) is 0 Å². The van der Waals surface area contributed by atoms with Crippen LogP contribution in [0.3, 0.4) is 0 Å². The second-order valence-electron chi connectivity index (χ2n) is 4.64. The molecule has 0 spiro atoms. The van der Waals surface area contributed by atoms with Crippen molar-refractivity contribution >= 4 is 11.3 Å². The fourth-order valence-corrected chi connectivity index (χ4v) is 3.07. The van der Waals surface area contributed by atoms with Crippen LogP contribution < -0.4 is 5.73 Å². The summed E-state index contributed by atoms with van der Waals surface area (Å²) in [6.07, 6.45) is 1.26. The molecule has 0 saturated carbocycles. The number of hydrogen-bond donors (Lipinski definition) is 1. The fourth-order valence-electron chi connectivity index (χ4n) is 2.32. The zero-order chi connectivity index (χ0) is 10.8. The Hall–Kier alpha value is -0.380. The van der Waals surface area contributed by atoms with Crippen LogP contribution >= 0.6 is 11.3 Å². The van der Waals surface area contributed by atoms with Crippen LogP contribution in [0.15, 0.2) is 16.8 Å². The van der Waals surface area contributed by atoms with Gasteiger partial charge in [0.2, 0.25) is 0 Å². The Balaban J connectivity index is 1.96. The highest BCUT2D eigenvalue weighted by Crippen LogP contribution is 2.29. The van der Waals surface area contributed by atoms with Crippen molar-refractivity contribution in [3.63, 3.8) is 0 Å². The summed E-state index contributed by atoms with van der Waals surface area (Å²) in [4.78, 5) is 2.55. The molecule has 2 heterocycles. The number of hydrogen-bond acceptors (Lipinski definition) is 3. The molecule has 0 aliphatic carbocycles. The predicted octanol–water partition coefficient (Wildman–Crippen LogP) is 2.48. The third-order valence-corrected chi connectivity index (χ3v) is 4.27. The number of rotatable bonds is 3. The maximum absolute atomic E-state index is 5.95. The van der Waals surface area contributed by atoms with Gasteiger partial charge in [0.15, 0.2) is 0 Å². The molecular weight excluding hydrogens is 204 g/mol. The molecule has 0 amide bonds. The summed E-state index contributed by atoms with van der Waals surface area (Å²) in [5.74, 6) is 0.686. The third kappa shape index (κ3) is 2.41. The Morgan fingerprint density at radius 1 is 1.53 bits per heavy atom. The predicted molar refractivity (Wildman–Crippen MR) is 66.1 cm³/mol. The standard InChI is InChI=1S/C12H20N2S/c1-9(13)11-3-5-14(7-11)10(2)12-4-6-15-8-12/h4,6,8-11H,3,5,7,13H2,1-2H3. The fraction of sp³-hybridized carbons (Fsp3) is 0.667. The first kappa shape index (κ1) is 11.1. The Morgan fingerprint density at radius 2 is 2.33 bits per heavy atom. The lowest BCUT2D eigenvalue weighted by Crippen LogP contribution is -2.30. The number of likely N-dealkylation sites (tertiary alicyclic amines) is 1. The molecule has 1 aromatic heterocycles.